The average molecular weight is 403 g/mol. The first-order valence-corrected chi connectivity index (χ1v) is 7.88. The molecular weight excluding hydrogens is 389 g/mol. The van der Waals surface area contributed by atoms with E-state index in [2.05, 4.69) is 15.9 Å². The molecule has 3 rings (SSSR count). The van der Waals surface area contributed by atoms with Gasteiger partial charge in [0.1, 0.15) is 12.1 Å². The van der Waals surface area contributed by atoms with Gasteiger partial charge in [-0.1, -0.05) is 46.3 Å². The Morgan fingerprint density at radius 1 is 1.04 bits per heavy atom. The van der Waals surface area contributed by atoms with E-state index in [9.17, 15) is 23.4 Å². The van der Waals surface area contributed by atoms with Gasteiger partial charge in [-0.3, -0.25) is 5.01 Å². The van der Waals surface area contributed by atoms with Crippen LogP contribution in [0.5, 0.6) is 0 Å². The summed E-state index contributed by atoms with van der Waals surface area (Å²) in [6.07, 6.45) is -7.16. The van der Waals surface area contributed by atoms with Gasteiger partial charge in [0, 0.05) is 4.47 Å². The molecule has 1 aliphatic rings. The summed E-state index contributed by atoms with van der Waals surface area (Å²) < 4.78 is 40.7. The topological polar surface area (TPSA) is 55.7 Å². The lowest BCUT2D eigenvalue weighted by Crippen LogP contribution is -2.61. The van der Waals surface area contributed by atoms with E-state index in [1.165, 1.54) is 0 Å². The van der Waals surface area contributed by atoms with Crippen molar-refractivity contribution in [1.82, 2.24) is 5.43 Å². The number of anilines is 1. The van der Waals surface area contributed by atoms with Crippen LogP contribution in [0.3, 0.4) is 0 Å². The van der Waals surface area contributed by atoms with E-state index in [1.54, 1.807) is 54.6 Å². The highest BCUT2D eigenvalue weighted by molar-refractivity contribution is 9.10. The zero-order valence-corrected chi connectivity index (χ0v) is 13.8. The van der Waals surface area contributed by atoms with Gasteiger partial charge in [0.15, 0.2) is 0 Å². The van der Waals surface area contributed by atoms with Crippen LogP contribution in [0.1, 0.15) is 11.6 Å². The zero-order chi connectivity index (χ0) is 17.5. The van der Waals surface area contributed by atoms with Gasteiger partial charge in [0.05, 0.1) is 5.69 Å². The Labute approximate surface area is 144 Å². The fourth-order valence-electron chi connectivity index (χ4n) is 2.73. The Balaban J connectivity index is 2.09. The Kier molecular flexibility index (Phi) is 4.33. The molecule has 0 saturated carbocycles. The van der Waals surface area contributed by atoms with Crippen LogP contribution in [0.15, 0.2) is 59.1 Å². The van der Waals surface area contributed by atoms with E-state index in [1.807, 2.05) is 5.43 Å². The van der Waals surface area contributed by atoms with Gasteiger partial charge in [-0.25, -0.2) is 0 Å². The van der Waals surface area contributed by atoms with Crippen LogP contribution >= 0.6 is 15.9 Å². The maximum Gasteiger partial charge on any atom is 0.435 e. The fourth-order valence-corrected chi connectivity index (χ4v) is 2.99. The van der Waals surface area contributed by atoms with Gasteiger partial charge in [0.25, 0.3) is 5.72 Å². The van der Waals surface area contributed by atoms with Gasteiger partial charge in [-0.05, 0) is 29.8 Å². The number of benzene rings is 2. The quantitative estimate of drug-likeness (QED) is 0.722. The molecule has 0 radical (unpaired) electrons. The second-order valence-corrected chi connectivity index (χ2v) is 6.44. The van der Waals surface area contributed by atoms with Gasteiger partial charge in [-0.15, -0.1) is 0 Å². The molecule has 0 aromatic heterocycles. The summed E-state index contributed by atoms with van der Waals surface area (Å²) in [5.41, 5.74) is -0.579. The van der Waals surface area contributed by atoms with Crippen LogP contribution in [-0.2, 0) is 0 Å². The number of alkyl halides is 3. The number of hydrogen-bond donors (Lipinski definition) is 3. The predicted octanol–water partition coefficient (Wildman–Crippen LogP) is 3.13. The van der Waals surface area contributed by atoms with E-state index >= 15 is 0 Å². The molecule has 0 bridgehead atoms. The third-order valence-electron chi connectivity index (χ3n) is 3.97. The summed E-state index contributed by atoms with van der Waals surface area (Å²) >= 11 is 3.26. The number of halogens is 4. The fraction of sp³-hybridized carbons (Fsp3) is 0.250. The van der Waals surface area contributed by atoms with E-state index in [-0.39, 0.29) is 0 Å². The number of rotatable bonds is 2. The standard InChI is InChI=1S/C16H14BrF3N2O2/c17-11-8-6-10(7-9-11)13-14(23)15(24,16(18,19)20)21-22(13)12-4-2-1-3-5-12/h1-9,13-14,21,23-24H/t13-,14-,15+/m0/s1. The normalized spacial score (nSPS) is 27.5. The molecule has 3 atom stereocenters. The monoisotopic (exact) mass is 402 g/mol. The highest BCUT2D eigenvalue weighted by Gasteiger charge is 2.66. The number of aliphatic hydroxyl groups excluding tert-OH is 1. The number of para-hydroxylation sites is 1. The molecule has 8 heteroatoms. The lowest BCUT2D eigenvalue weighted by Gasteiger charge is -2.29. The molecule has 1 fully saturated rings. The van der Waals surface area contributed by atoms with E-state index in [0.29, 0.717) is 11.3 Å². The largest absolute Gasteiger partial charge is 0.435 e. The highest BCUT2D eigenvalue weighted by atomic mass is 79.9. The minimum atomic E-state index is -5.05. The highest BCUT2D eigenvalue weighted by Crippen LogP contribution is 2.45. The van der Waals surface area contributed by atoms with Crippen molar-refractivity contribution in [2.24, 2.45) is 0 Å². The SMILES string of the molecule is O[C@H]1[C@H](c2ccc(Br)cc2)N(c2ccccc2)N[C@]1(O)C(F)(F)F. The molecule has 1 saturated heterocycles. The summed E-state index contributed by atoms with van der Waals surface area (Å²) in [5, 5.41) is 21.5. The number of aliphatic hydroxyl groups is 2. The van der Waals surface area contributed by atoms with Crippen LogP contribution in [0, 0.1) is 0 Å². The van der Waals surface area contributed by atoms with Crippen molar-refractivity contribution in [3.8, 4) is 0 Å². The van der Waals surface area contributed by atoms with Crippen molar-refractivity contribution >= 4 is 21.6 Å². The summed E-state index contributed by atoms with van der Waals surface area (Å²) in [6.45, 7) is 0. The van der Waals surface area contributed by atoms with Crippen molar-refractivity contribution in [1.29, 1.82) is 0 Å². The second-order valence-electron chi connectivity index (χ2n) is 5.52. The van der Waals surface area contributed by atoms with Crippen molar-refractivity contribution in [2.75, 3.05) is 5.01 Å². The minimum Gasteiger partial charge on any atom is -0.386 e. The van der Waals surface area contributed by atoms with Crippen LogP contribution < -0.4 is 10.4 Å². The van der Waals surface area contributed by atoms with Crippen molar-refractivity contribution < 1.29 is 23.4 Å². The van der Waals surface area contributed by atoms with Gasteiger partial charge in [0.2, 0.25) is 0 Å². The summed E-state index contributed by atoms with van der Waals surface area (Å²) in [5.74, 6) is 0. The molecule has 128 valence electrons. The summed E-state index contributed by atoms with van der Waals surface area (Å²) in [4.78, 5) is 0. The Bertz CT molecular complexity index is 712. The first-order valence-electron chi connectivity index (χ1n) is 7.09. The number of nitrogens with one attached hydrogen (secondary N) is 1. The van der Waals surface area contributed by atoms with Crippen LogP contribution in [0.25, 0.3) is 0 Å². The lowest BCUT2D eigenvalue weighted by atomic mass is 9.95. The molecule has 1 aliphatic heterocycles. The zero-order valence-electron chi connectivity index (χ0n) is 12.2. The molecule has 4 nitrogen and oxygen atoms in total. The average Bonchev–Trinajstić information content (AvgIpc) is 2.82. The first kappa shape index (κ1) is 17.2. The molecule has 2 aromatic rings. The van der Waals surface area contributed by atoms with Crippen molar-refractivity contribution in [3.63, 3.8) is 0 Å². The lowest BCUT2D eigenvalue weighted by molar-refractivity contribution is -0.292. The smallest absolute Gasteiger partial charge is 0.386 e. The summed E-state index contributed by atoms with van der Waals surface area (Å²) in [6, 6.07) is 13.6. The Morgan fingerprint density at radius 2 is 1.62 bits per heavy atom. The molecule has 0 amide bonds. The first-order chi connectivity index (χ1) is 11.2. The van der Waals surface area contributed by atoms with E-state index < -0.39 is 24.0 Å². The van der Waals surface area contributed by atoms with Gasteiger partial charge >= 0.3 is 6.18 Å². The van der Waals surface area contributed by atoms with Gasteiger partial charge < -0.3 is 10.2 Å². The molecule has 2 aromatic carbocycles. The third kappa shape index (κ3) is 2.79. The van der Waals surface area contributed by atoms with Crippen molar-refractivity contribution in [3.05, 3.63) is 64.6 Å². The predicted molar refractivity (Wildman–Crippen MR) is 86.0 cm³/mol. The van der Waals surface area contributed by atoms with E-state index in [4.69, 9.17) is 0 Å². The molecule has 0 spiro atoms. The van der Waals surface area contributed by atoms with Crippen molar-refractivity contribution in [2.45, 2.75) is 24.0 Å². The minimum absolute atomic E-state index is 0.393. The van der Waals surface area contributed by atoms with Crippen LogP contribution in [-0.4, -0.2) is 28.2 Å². The summed E-state index contributed by atoms with van der Waals surface area (Å²) in [7, 11) is 0. The number of hydrogen-bond acceptors (Lipinski definition) is 4. The second kappa shape index (κ2) is 6.03. The van der Waals surface area contributed by atoms with E-state index in [0.717, 1.165) is 9.48 Å². The maximum atomic E-state index is 13.3. The van der Waals surface area contributed by atoms with Crippen LogP contribution in [0.2, 0.25) is 0 Å². The molecule has 0 aliphatic carbocycles. The van der Waals surface area contributed by atoms with Crippen LogP contribution in [0.4, 0.5) is 18.9 Å². The maximum absolute atomic E-state index is 13.3. The third-order valence-corrected chi connectivity index (χ3v) is 4.50. The molecule has 3 N–H and O–H groups in total. The molecule has 0 unspecified atom stereocenters. The Hall–Kier alpha value is -1.61. The van der Waals surface area contributed by atoms with Gasteiger partial charge in [-0.2, -0.15) is 18.6 Å². The Morgan fingerprint density at radius 3 is 2.17 bits per heavy atom. The molecule has 1 heterocycles. The number of nitrogens with zero attached hydrogens (tertiary/aromatic N) is 1. The number of hydrazine groups is 1. The molecular formula is C16H14BrF3N2O2. The molecule has 24 heavy (non-hydrogen) atoms.